The molecule has 2 aromatic carbocycles. The maximum atomic E-state index is 13.4. The fourth-order valence-electron chi connectivity index (χ4n) is 4.43. The summed E-state index contributed by atoms with van der Waals surface area (Å²) in [5, 5.41) is 3.80. The highest BCUT2D eigenvalue weighted by molar-refractivity contribution is 6.30. The van der Waals surface area contributed by atoms with Crippen LogP contribution in [0.25, 0.3) is 12.2 Å². The summed E-state index contributed by atoms with van der Waals surface area (Å²) in [4.78, 5) is 19.0. The van der Waals surface area contributed by atoms with Crippen molar-refractivity contribution in [2.45, 2.75) is 25.3 Å². The molecule has 3 aromatic rings. The molecule has 0 saturated carbocycles. The van der Waals surface area contributed by atoms with Gasteiger partial charge in [0.15, 0.2) is 0 Å². The van der Waals surface area contributed by atoms with E-state index < -0.39 is 0 Å². The fraction of sp³-hybridized carbons (Fsp3) is 0.208. The second-order valence-corrected chi connectivity index (χ2v) is 8.41. The molecule has 0 saturated heterocycles. The molecule has 1 N–H and O–H groups in total. The summed E-state index contributed by atoms with van der Waals surface area (Å²) < 4.78 is 0. The molecule has 1 aliphatic carbocycles. The number of fused-ring (bicyclic) bond motifs is 3. The first-order valence-electron chi connectivity index (χ1n) is 9.85. The average molecular weight is 423 g/mol. The fourth-order valence-corrected chi connectivity index (χ4v) is 4.69. The van der Waals surface area contributed by atoms with E-state index >= 15 is 0 Å². The van der Waals surface area contributed by atoms with Gasteiger partial charge in [-0.2, -0.15) is 0 Å². The molecular formula is C24H20Cl2N2O. The standard InChI is InChI=1S/C24H20Cl2N2O/c25-17-9-5-15(6-10-17)23-22-20(19-3-1-2-4-21(19)27-22)13-14-28(23)24(29)16-7-11-18(26)12-8-16/h3-12,23,27H,1-2,13-14H2. The maximum Gasteiger partial charge on any atom is 0.254 e. The monoisotopic (exact) mass is 422 g/mol. The molecule has 146 valence electrons. The number of rotatable bonds is 2. The second-order valence-electron chi connectivity index (χ2n) is 7.54. The molecule has 1 unspecified atom stereocenters. The summed E-state index contributed by atoms with van der Waals surface area (Å²) in [5.41, 5.74) is 4.14. The van der Waals surface area contributed by atoms with Gasteiger partial charge in [-0.25, -0.2) is 0 Å². The van der Waals surface area contributed by atoms with Crippen LogP contribution in [0.1, 0.15) is 46.1 Å². The summed E-state index contributed by atoms with van der Waals surface area (Å²) in [6, 6.07) is 14.7. The van der Waals surface area contributed by atoms with Crippen molar-refractivity contribution in [2.75, 3.05) is 6.54 Å². The minimum absolute atomic E-state index is 0.00722. The lowest BCUT2D eigenvalue weighted by atomic mass is 9.92. The van der Waals surface area contributed by atoms with Crippen LogP contribution in [0.4, 0.5) is 0 Å². The van der Waals surface area contributed by atoms with Gasteiger partial charge in [-0.05, 0) is 72.0 Å². The molecule has 29 heavy (non-hydrogen) atoms. The Bertz CT molecular complexity index is 1190. The number of benzene rings is 2. The average Bonchev–Trinajstić information content (AvgIpc) is 3.12. The quantitative estimate of drug-likeness (QED) is 0.649. The molecule has 1 atom stereocenters. The molecule has 0 radical (unpaired) electrons. The summed E-state index contributed by atoms with van der Waals surface area (Å²) in [7, 11) is 0. The number of aromatic nitrogens is 1. The lowest BCUT2D eigenvalue weighted by Gasteiger charge is -2.36. The lowest BCUT2D eigenvalue weighted by Crippen LogP contribution is -2.41. The van der Waals surface area contributed by atoms with Gasteiger partial charge in [-0.1, -0.05) is 47.5 Å². The topological polar surface area (TPSA) is 36.1 Å². The first kappa shape index (κ1) is 18.5. The lowest BCUT2D eigenvalue weighted by molar-refractivity contribution is 0.0691. The molecule has 0 bridgehead atoms. The molecule has 1 amide bonds. The zero-order chi connectivity index (χ0) is 20.0. The van der Waals surface area contributed by atoms with Gasteiger partial charge in [0.25, 0.3) is 5.91 Å². The van der Waals surface area contributed by atoms with Crippen LogP contribution >= 0.6 is 23.2 Å². The number of nitrogens with zero attached hydrogens (tertiary/aromatic N) is 1. The Morgan fingerprint density at radius 1 is 0.931 bits per heavy atom. The zero-order valence-corrected chi connectivity index (χ0v) is 17.3. The van der Waals surface area contributed by atoms with Gasteiger partial charge in [-0.15, -0.1) is 0 Å². The van der Waals surface area contributed by atoms with Crippen LogP contribution in [0.3, 0.4) is 0 Å². The van der Waals surface area contributed by atoms with Crippen molar-refractivity contribution in [2.24, 2.45) is 0 Å². The molecule has 5 rings (SSSR count). The largest absolute Gasteiger partial charge is 0.356 e. The van der Waals surface area contributed by atoms with Crippen LogP contribution in [-0.2, 0) is 6.42 Å². The number of hydrogen-bond acceptors (Lipinski definition) is 1. The molecule has 0 spiro atoms. The minimum atomic E-state index is -0.174. The van der Waals surface area contributed by atoms with Crippen LogP contribution < -0.4 is 10.6 Å². The van der Waals surface area contributed by atoms with Gasteiger partial charge in [0.1, 0.15) is 0 Å². The molecule has 2 heterocycles. The summed E-state index contributed by atoms with van der Waals surface area (Å²) in [5.74, 6) is 0.00722. The maximum absolute atomic E-state index is 13.4. The molecule has 5 heteroatoms. The molecule has 3 nitrogen and oxygen atoms in total. The number of halogens is 2. The number of amides is 1. The summed E-state index contributed by atoms with van der Waals surface area (Å²) in [6.07, 6.45) is 7.54. The van der Waals surface area contributed by atoms with Crippen molar-refractivity contribution in [1.82, 2.24) is 9.88 Å². The first-order chi connectivity index (χ1) is 14.1. The van der Waals surface area contributed by atoms with Gasteiger partial charge in [-0.3, -0.25) is 4.79 Å². The van der Waals surface area contributed by atoms with E-state index in [0.29, 0.717) is 22.2 Å². The van der Waals surface area contributed by atoms with Crippen molar-refractivity contribution in [3.8, 4) is 0 Å². The summed E-state index contributed by atoms with van der Waals surface area (Å²) >= 11 is 12.1. The molecule has 0 fully saturated rings. The van der Waals surface area contributed by atoms with E-state index in [-0.39, 0.29) is 11.9 Å². The Labute approximate surface area is 179 Å². The second kappa shape index (κ2) is 7.40. The number of carbonyl (C=O) groups excluding carboxylic acids is 1. The highest BCUT2D eigenvalue weighted by Gasteiger charge is 2.34. The van der Waals surface area contributed by atoms with E-state index in [1.165, 1.54) is 16.1 Å². The van der Waals surface area contributed by atoms with Gasteiger partial charge in [0, 0.05) is 33.2 Å². The normalized spacial score (nSPS) is 17.7. The molecule has 2 aliphatic rings. The minimum Gasteiger partial charge on any atom is -0.356 e. The Morgan fingerprint density at radius 2 is 1.59 bits per heavy atom. The van der Waals surface area contributed by atoms with E-state index in [1.807, 2.05) is 29.2 Å². The van der Waals surface area contributed by atoms with Crippen molar-refractivity contribution in [3.63, 3.8) is 0 Å². The van der Waals surface area contributed by atoms with Crippen molar-refractivity contribution >= 4 is 41.3 Å². The van der Waals surface area contributed by atoms with Gasteiger partial charge >= 0.3 is 0 Å². The Morgan fingerprint density at radius 3 is 2.31 bits per heavy atom. The first-order valence-corrected chi connectivity index (χ1v) is 10.6. The highest BCUT2D eigenvalue weighted by atomic mass is 35.5. The Kier molecular flexibility index (Phi) is 4.73. The van der Waals surface area contributed by atoms with Crippen molar-refractivity contribution in [1.29, 1.82) is 0 Å². The zero-order valence-electron chi connectivity index (χ0n) is 15.8. The van der Waals surface area contributed by atoms with Crippen LogP contribution in [-0.4, -0.2) is 22.3 Å². The van der Waals surface area contributed by atoms with Crippen LogP contribution in [0.2, 0.25) is 10.0 Å². The third kappa shape index (κ3) is 3.29. The van der Waals surface area contributed by atoms with Crippen LogP contribution in [0.5, 0.6) is 0 Å². The number of nitrogens with one attached hydrogen (secondary N) is 1. The third-order valence-corrected chi connectivity index (χ3v) is 6.30. The predicted molar refractivity (Wildman–Crippen MR) is 118 cm³/mol. The van der Waals surface area contributed by atoms with E-state index in [0.717, 1.165) is 30.5 Å². The number of aromatic amines is 1. The molecule has 1 aliphatic heterocycles. The van der Waals surface area contributed by atoms with Gasteiger partial charge < -0.3 is 9.88 Å². The van der Waals surface area contributed by atoms with E-state index in [2.05, 4.69) is 17.1 Å². The van der Waals surface area contributed by atoms with Gasteiger partial charge in [0.2, 0.25) is 0 Å². The van der Waals surface area contributed by atoms with Crippen LogP contribution in [0, 0.1) is 0 Å². The summed E-state index contributed by atoms with van der Waals surface area (Å²) in [6.45, 7) is 0.667. The highest BCUT2D eigenvalue weighted by Crippen LogP contribution is 2.34. The Hall–Kier alpha value is -2.49. The van der Waals surface area contributed by atoms with Gasteiger partial charge in [0.05, 0.1) is 6.04 Å². The number of carbonyl (C=O) groups is 1. The number of H-pyrrole nitrogens is 1. The third-order valence-electron chi connectivity index (χ3n) is 5.80. The predicted octanol–water partition coefficient (Wildman–Crippen LogP) is 4.46. The molecule has 1 aromatic heterocycles. The van der Waals surface area contributed by atoms with Crippen molar-refractivity contribution < 1.29 is 4.79 Å². The number of hydrogen-bond donors (Lipinski definition) is 1. The van der Waals surface area contributed by atoms with Crippen molar-refractivity contribution in [3.05, 3.63) is 91.5 Å². The molecular weight excluding hydrogens is 403 g/mol. The van der Waals surface area contributed by atoms with Crippen LogP contribution in [0.15, 0.2) is 48.5 Å². The van der Waals surface area contributed by atoms with E-state index in [1.54, 1.807) is 24.3 Å². The van der Waals surface area contributed by atoms with E-state index in [9.17, 15) is 4.79 Å². The smallest absolute Gasteiger partial charge is 0.254 e. The Balaban J connectivity index is 1.65. The SMILES string of the molecule is O=C(c1ccc(Cl)cc1)N1CCc2c([nH]c3c2=CCCC=3)C1c1ccc(Cl)cc1. The van der Waals surface area contributed by atoms with E-state index in [4.69, 9.17) is 23.2 Å².